The first-order chi connectivity index (χ1) is 9.02. The van der Waals surface area contributed by atoms with Crippen molar-refractivity contribution in [2.75, 3.05) is 0 Å². The fourth-order valence-corrected chi connectivity index (χ4v) is 1.42. The third-order valence-electron chi connectivity index (χ3n) is 2.70. The molecule has 0 N–H and O–H groups in total. The van der Waals surface area contributed by atoms with E-state index in [9.17, 15) is 53.1 Å². The summed E-state index contributed by atoms with van der Waals surface area (Å²) in [5, 5.41) is 0. The maximum absolute atomic E-state index is 13.2. The van der Waals surface area contributed by atoms with Gasteiger partial charge in [0.15, 0.2) is 0 Å². The van der Waals surface area contributed by atoms with Gasteiger partial charge in [0.1, 0.15) is 6.29 Å². The second-order valence-electron chi connectivity index (χ2n) is 4.00. The Morgan fingerprint density at radius 1 is 0.810 bits per heavy atom. The number of carbonyl (C=O) groups is 1. The minimum absolute atomic E-state index is 0.629. The van der Waals surface area contributed by atoms with Crippen molar-refractivity contribution in [1.29, 1.82) is 0 Å². The summed E-state index contributed by atoms with van der Waals surface area (Å²) in [5.74, 6) is -16.7. The molecule has 0 aromatic carbocycles. The van der Waals surface area contributed by atoms with Gasteiger partial charge in [0.2, 0.25) is 0 Å². The zero-order chi connectivity index (χ0) is 17.5. The summed E-state index contributed by atoms with van der Waals surface area (Å²) in [7, 11) is 0. The Kier molecular flexibility index (Phi) is 4.99. The summed E-state index contributed by atoms with van der Waals surface area (Å²) < 4.78 is 138. The molecule has 12 heteroatoms. The van der Waals surface area contributed by atoms with E-state index in [1.165, 1.54) is 0 Å². The highest BCUT2D eigenvalue weighted by Gasteiger charge is 2.90. The molecule has 0 bridgehead atoms. The lowest BCUT2D eigenvalue weighted by Crippen LogP contribution is -2.71. The fraction of sp³-hybridized carbons (Fsp3) is 0.889. The number of hydrogen-bond donors (Lipinski definition) is 0. The van der Waals surface area contributed by atoms with Crippen LogP contribution >= 0.6 is 0 Å². The topological polar surface area (TPSA) is 17.1 Å². The van der Waals surface area contributed by atoms with Crippen LogP contribution in [0.4, 0.5) is 48.3 Å². The molecule has 21 heavy (non-hydrogen) atoms. The predicted octanol–water partition coefficient (Wildman–Crippen LogP) is 4.32. The molecule has 0 aliphatic carbocycles. The maximum Gasteiger partial charge on any atom is 0.438 e. The van der Waals surface area contributed by atoms with Crippen molar-refractivity contribution in [3.8, 4) is 0 Å². The van der Waals surface area contributed by atoms with E-state index in [0.717, 1.165) is 0 Å². The number of halogens is 11. The van der Waals surface area contributed by atoms with Crippen LogP contribution in [0.2, 0.25) is 0 Å². The maximum atomic E-state index is 13.2. The lowest BCUT2D eigenvalue weighted by Gasteiger charge is -2.40. The fourth-order valence-electron chi connectivity index (χ4n) is 1.42. The number of hydrogen-bond acceptors (Lipinski definition) is 1. The van der Waals surface area contributed by atoms with E-state index in [-0.39, 0.29) is 0 Å². The van der Waals surface area contributed by atoms with Crippen LogP contribution in [-0.2, 0) is 4.79 Å². The highest BCUT2D eigenvalue weighted by molar-refractivity contribution is 5.55. The molecule has 0 aromatic heterocycles. The van der Waals surface area contributed by atoms with Crippen LogP contribution in [0.25, 0.3) is 0 Å². The zero-order valence-corrected chi connectivity index (χ0v) is 9.93. The minimum atomic E-state index is -7.51. The minimum Gasteiger partial charge on any atom is -0.303 e. The van der Waals surface area contributed by atoms with Gasteiger partial charge in [0, 0.05) is 0 Å². The first kappa shape index (κ1) is 19.9. The molecular weight excluding hydrogens is 333 g/mol. The predicted molar refractivity (Wildman–Crippen MR) is 45.7 cm³/mol. The summed E-state index contributed by atoms with van der Waals surface area (Å²) in [4.78, 5) is 10.2. The Balaban J connectivity index is 6.33. The van der Waals surface area contributed by atoms with E-state index in [1.807, 2.05) is 0 Å². The van der Waals surface area contributed by atoms with Crippen LogP contribution in [-0.4, -0.2) is 36.2 Å². The highest BCUT2D eigenvalue weighted by Crippen LogP contribution is 2.60. The number of carbonyl (C=O) groups excluding carboxylic acids is 1. The number of alkyl halides is 11. The van der Waals surface area contributed by atoms with Crippen LogP contribution < -0.4 is 0 Å². The van der Waals surface area contributed by atoms with Crippen LogP contribution in [0.3, 0.4) is 0 Å². The Morgan fingerprint density at radius 2 is 1.14 bits per heavy atom. The quantitative estimate of drug-likeness (QED) is 0.538. The van der Waals surface area contributed by atoms with Gasteiger partial charge >= 0.3 is 29.9 Å². The van der Waals surface area contributed by atoms with E-state index in [2.05, 4.69) is 0 Å². The average Bonchev–Trinajstić information content (AvgIpc) is 2.25. The van der Waals surface area contributed by atoms with Gasteiger partial charge in [0.05, 0.1) is 5.92 Å². The molecule has 1 atom stereocenters. The summed E-state index contributed by atoms with van der Waals surface area (Å²) in [5.41, 5.74) is -7.51. The summed E-state index contributed by atoms with van der Waals surface area (Å²) in [6.45, 7) is 0.629. The number of aldehydes is 1. The van der Waals surface area contributed by atoms with Gasteiger partial charge in [-0.15, -0.1) is 0 Å². The Hall–Kier alpha value is -1.10. The SMILES string of the molecule is CCC(C=O)C(F)(F)C(F)(F)C(F)(C(F)(F)F)C(F)(F)F. The lowest BCUT2D eigenvalue weighted by atomic mass is 9.84. The molecular formula is C9H7F11O. The number of rotatable bonds is 5. The Bertz CT molecular complexity index is 366. The van der Waals surface area contributed by atoms with Gasteiger partial charge in [-0.3, -0.25) is 0 Å². The first-order valence-corrected chi connectivity index (χ1v) is 5.05. The van der Waals surface area contributed by atoms with Gasteiger partial charge in [-0.1, -0.05) is 6.92 Å². The lowest BCUT2D eigenvalue weighted by molar-refractivity contribution is -0.429. The molecule has 0 spiro atoms. The molecule has 0 rings (SSSR count). The molecule has 1 nitrogen and oxygen atoms in total. The summed E-state index contributed by atoms with van der Waals surface area (Å²) >= 11 is 0. The zero-order valence-electron chi connectivity index (χ0n) is 9.93. The molecule has 0 aliphatic rings. The molecule has 0 saturated heterocycles. The van der Waals surface area contributed by atoms with E-state index in [4.69, 9.17) is 0 Å². The van der Waals surface area contributed by atoms with Gasteiger partial charge < -0.3 is 4.79 Å². The molecule has 0 radical (unpaired) electrons. The van der Waals surface area contributed by atoms with Crippen molar-refractivity contribution in [3.63, 3.8) is 0 Å². The average molecular weight is 340 g/mol. The molecule has 0 aromatic rings. The van der Waals surface area contributed by atoms with Crippen LogP contribution in [0.5, 0.6) is 0 Å². The Labute approximate surface area is 110 Å². The van der Waals surface area contributed by atoms with E-state index in [1.54, 1.807) is 0 Å². The monoisotopic (exact) mass is 340 g/mol. The highest BCUT2D eigenvalue weighted by atomic mass is 19.4. The smallest absolute Gasteiger partial charge is 0.303 e. The first-order valence-electron chi connectivity index (χ1n) is 5.05. The van der Waals surface area contributed by atoms with Gasteiger partial charge in [-0.25, -0.2) is 4.39 Å². The summed E-state index contributed by atoms with van der Waals surface area (Å²) in [6.07, 6.45) is -16.9. The third-order valence-corrected chi connectivity index (χ3v) is 2.70. The molecule has 0 saturated carbocycles. The van der Waals surface area contributed by atoms with Crippen molar-refractivity contribution in [1.82, 2.24) is 0 Å². The van der Waals surface area contributed by atoms with E-state index in [0.29, 0.717) is 6.92 Å². The van der Waals surface area contributed by atoms with Gasteiger partial charge in [-0.2, -0.15) is 43.9 Å². The Morgan fingerprint density at radius 3 is 1.33 bits per heavy atom. The molecule has 126 valence electrons. The van der Waals surface area contributed by atoms with Gasteiger partial charge in [0.25, 0.3) is 0 Å². The van der Waals surface area contributed by atoms with Crippen molar-refractivity contribution in [3.05, 3.63) is 0 Å². The molecule has 0 amide bonds. The standard InChI is InChI=1S/C9H7F11O/c1-2-4(3-21)5(10,11)7(13,14)6(12,8(15,16)17)9(18,19)20/h3-4H,2H2,1H3. The normalized spacial score (nSPS) is 16.8. The van der Waals surface area contributed by atoms with Crippen molar-refractivity contribution in [2.45, 2.75) is 43.2 Å². The molecule has 0 aliphatic heterocycles. The second-order valence-corrected chi connectivity index (χ2v) is 4.00. The van der Waals surface area contributed by atoms with Gasteiger partial charge in [-0.05, 0) is 6.42 Å². The van der Waals surface area contributed by atoms with E-state index < -0.39 is 48.5 Å². The summed E-state index contributed by atoms with van der Waals surface area (Å²) in [6, 6.07) is 0. The van der Waals surface area contributed by atoms with Crippen molar-refractivity contribution in [2.24, 2.45) is 5.92 Å². The largest absolute Gasteiger partial charge is 0.438 e. The van der Waals surface area contributed by atoms with E-state index >= 15 is 0 Å². The molecule has 0 heterocycles. The van der Waals surface area contributed by atoms with Crippen molar-refractivity contribution < 1.29 is 53.1 Å². The third kappa shape index (κ3) is 2.68. The molecule has 0 fully saturated rings. The van der Waals surface area contributed by atoms with Crippen LogP contribution in [0.1, 0.15) is 13.3 Å². The van der Waals surface area contributed by atoms with Crippen molar-refractivity contribution >= 4 is 6.29 Å². The van der Waals surface area contributed by atoms with Crippen LogP contribution in [0, 0.1) is 5.92 Å². The van der Waals surface area contributed by atoms with Crippen LogP contribution in [0.15, 0.2) is 0 Å². The molecule has 1 unspecified atom stereocenters. The second kappa shape index (κ2) is 5.27.